The zero-order valence-electron chi connectivity index (χ0n) is 11.5. The number of aromatic nitrogens is 3. The van der Waals surface area contributed by atoms with E-state index in [1.165, 1.54) is 0 Å². The van der Waals surface area contributed by atoms with Gasteiger partial charge >= 0.3 is 0 Å². The molecule has 1 unspecified atom stereocenters. The summed E-state index contributed by atoms with van der Waals surface area (Å²) in [5.74, 6) is 5.69. The molecule has 0 spiro atoms. The standard InChI is InChI=1S/C13H18ClN5O/c1-9-4-3-5-11(17-9)12(18-15)13-10(14)8-16-19(13)6-7-20-2/h3-5,8,12,18H,6-7,15H2,1-2H3. The Kier molecular flexibility index (Phi) is 5.08. The van der Waals surface area contributed by atoms with Crippen molar-refractivity contribution in [1.82, 2.24) is 20.2 Å². The lowest BCUT2D eigenvalue weighted by molar-refractivity contribution is 0.182. The van der Waals surface area contributed by atoms with Crippen LogP contribution in [0.2, 0.25) is 5.02 Å². The molecule has 0 aromatic carbocycles. The molecule has 7 heteroatoms. The average Bonchev–Trinajstić information content (AvgIpc) is 2.79. The van der Waals surface area contributed by atoms with Crippen LogP contribution in [0, 0.1) is 6.92 Å². The number of halogens is 1. The molecule has 0 saturated heterocycles. The number of nitrogens with one attached hydrogen (secondary N) is 1. The largest absolute Gasteiger partial charge is 0.383 e. The van der Waals surface area contributed by atoms with Crippen LogP contribution in [0.15, 0.2) is 24.4 Å². The van der Waals surface area contributed by atoms with Gasteiger partial charge in [-0.15, -0.1) is 0 Å². The third kappa shape index (κ3) is 3.16. The van der Waals surface area contributed by atoms with E-state index in [-0.39, 0.29) is 6.04 Å². The molecular formula is C13H18ClN5O. The van der Waals surface area contributed by atoms with E-state index in [0.717, 1.165) is 17.1 Å². The van der Waals surface area contributed by atoms with Gasteiger partial charge < -0.3 is 4.74 Å². The second-order valence-electron chi connectivity index (χ2n) is 4.40. The van der Waals surface area contributed by atoms with Crippen LogP contribution < -0.4 is 11.3 Å². The Hall–Kier alpha value is -1.47. The lowest BCUT2D eigenvalue weighted by Crippen LogP contribution is -2.32. The second-order valence-corrected chi connectivity index (χ2v) is 4.80. The Morgan fingerprint density at radius 1 is 1.50 bits per heavy atom. The molecule has 0 radical (unpaired) electrons. The van der Waals surface area contributed by atoms with Crippen LogP contribution in [-0.2, 0) is 11.3 Å². The molecular weight excluding hydrogens is 278 g/mol. The van der Waals surface area contributed by atoms with E-state index in [4.69, 9.17) is 22.2 Å². The van der Waals surface area contributed by atoms with Crippen molar-refractivity contribution in [1.29, 1.82) is 0 Å². The molecule has 2 rings (SSSR count). The highest BCUT2D eigenvalue weighted by molar-refractivity contribution is 6.31. The fraction of sp³-hybridized carbons (Fsp3) is 0.385. The summed E-state index contributed by atoms with van der Waals surface area (Å²) in [6, 6.07) is 5.45. The van der Waals surface area contributed by atoms with Crippen LogP contribution in [-0.4, -0.2) is 28.5 Å². The maximum atomic E-state index is 6.24. The number of methoxy groups -OCH3 is 1. The van der Waals surface area contributed by atoms with Crippen molar-refractivity contribution in [2.75, 3.05) is 13.7 Å². The molecule has 2 aromatic rings. The van der Waals surface area contributed by atoms with Crippen LogP contribution in [0.1, 0.15) is 23.1 Å². The number of hydrogen-bond donors (Lipinski definition) is 2. The van der Waals surface area contributed by atoms with Crippen molar-refractivity contribution >= 4 is 11.6 Å². The second kappa shape index (κ2) is 6.81. The molecule has 108 valence electrons. The van der Waals surface area contributed by atoms with Gasteiger partial charge in [-0.1, -0.05) is 17.7 Å². The fourth-order valence-corrected chi connectivity index (χ4v) is 2.29. The zero-order valence-corrected chi connectivity index (χ0v) is 12.3. The molecule has 0 bridgehead atoms. The van der Waals surface area contributed by atoms with Gasteiger partial charge in [0, 0.05) is 12.8 Å². The minimum Gasteiger partial charge on any atom is -0.383 e. The van der Waals surface area contributed by atoms with Gasteiger partial charge in [0.15, 0.2) is 0 Å². The van der Waals surface area contributed by atoms with Crippen LogP contribution in [0.25, 0.3) is 0 Å². The Balaban J connectivity index is 2.38. The van der Waals surface area contributed by atoms with Crippen molar-refractivity contribution in [3.05, 3.63) is 46.5 Å². The Morgan fingerprint density at radius 2 is 2.30 bits per heavy atom. The van der Waals surface area contributed by atoms with Crippen LogP contribution >= 0.6 is 11.6 Å². The summed E-state index contributed by atoms with van der Waals surface area (Å²) in [4.78, 5) is 4.49. The van der Waals surface area contributed by atoms with Gasteiger partial charge in [-0.3, -0.25) is 15.5 Å². The van der Waals surface area contributed by atoms with Crippen LogP contribution in [0.3, 0.4) is 0 Å². The predicted octanol–water partition coefficient (Wildman–Crippen LogP) is 1.44. The van der Waals surface area contributed by atoms with E-state index >= 15 is 0 Å². The lowest BCUT2D eigenvalue weighted by atomic mass is 10.1. The number of hydrogen-bond acceptors (Lipinski definition) is 5. The van der Waals surface area contributed by atoms with E-state index in [1.807, 2.05) is 25.1 Å². The van der Waals surface area contributed by atoms with Crippen molar-refractivity contribution in [2.45, 2.75) is 19.5 Å². The number of aryl methyl sites for hydroxylation is 1. The van der Waals surface area contributed by atoms with Crippen molar-refractivity contribution < 1.29 is 4.74 Å². The highest BCUT2D eigenvalue weighted by Crippen LogP contribution is 2.26. The maximum Gasteiger partial charge on any atom is 0.106 e. The summed E-state index contributed by atoms with van der Waals surface area (Å²) in [6.07, 6.45) is 1.60. The normalized spacial score (nSPS) is 12.6. The number of rotatable bonds is 6. The summed E-state index contributed by atoms with van der Waals surface area (Å²) < 4.78 is 6.86. The SMILES string of the molecule is COCCn1ncc(Cl)c1C(NN)c1cccc(C)n1. The predicted molar refractivity (Wildman–Crippen MR) is 77.3 cm³/mol. The molecule has 0 fully saturated rings. The van der Waals surface area contributed by atoms with Gasteiger partial charge in [0.05, 0.1) is 35.8 Å². The first-order valence-electron chi connectivity index (χ1n) is 6.27. The van der Waals surface area contributed by atoms with Gasteiger partial charge in [-0.25, -0.2) is 5.43 Å². The molecule has 0 saturated carbocycles. The van der Waals surface area contributed by atoms with Gasteiger partial charge in [0.1, 0.15) is 6.04 Å². The van der Waals surface area contributed by atoms with E-state index in [9.17, 15) is 0 Å². The molecule has 2 aromatic heterocycles. The van der Waals surface area contributed by atoms with E-state index < -0.39 is 0 Å². The number of pyridine rings is 1. The molecule has 0 aliphatic heterocycles. The average molecular weight is 296 g/mol. The van der Waals surface area contributed by atoms with Crippen LogP contribution in [0.5, 0.6) is 0 Å². The quantitative estimate of drug-likeness (QED) is 0.623. The van der Waals surface area contributed by atoms with E-state index in [0.29, 0.717) is 18.2 Å². The Bertz CT molecular complexity index is 572. The van der Waals surface area contributed by atoms with Crippen molar-refractivity contribution in [2.24, 2.45) is 5.84 Å². The highest BCUT2D eigenvalue weighted by atomic mass is 35.5. The number of nitrogens with two attached hydrogens (primary N) is 1. The lowest BCUT2D eigenvalue weighted by Gasteiger charge is -2.18. The molecule has 6 nitrogen and oxygen atoms in total. The first-order chi connectivity index (χ1) is 9.67. The summed E-state index contributed by atoms with van der Waals surface area (Å²) >= 11 is 6.24. The topological polar surface area (TPSA) is 78.0 Å². The first kappa shape index (κ1) is 14.9. The van der Waals surface area contributed by atoms with Crippen molar-refractivity contribution in [3.8, 4) is 0 Å². The van der Waals surface area contributed by atoms with Gasteiger partial charge in [-0.2, -0.15) is 5.10 Å². The Labute approximate surface area is 122 Å². The van der Waals surface area contributed by atoms with Gasteiger partial charge in [0.2, 0.25) is 0 Å². The number of ether oxygens (including phenoxy) is 1. The first-order valence-corrected chi connectivity index (χ1v) is 6.65. The monoisotopic (exact) mass is 295 g/mol. The maximum absolute atomic E-state index is 6.24. The minimum absolute atomic E-state index is 0.318. The minimum atomic E-state index is -0.318. The third-order valence-corrected chi connectivity index (χ3v) is 3.28. The summed E-state index contributed by atoms with van der Waals surface area (Å²) in [6.45, 7) is 3.08. The smallest absolute Gasteiger partial charge is 0.106 e. The zero-order chi connectivity index (χ0) is 14.5. The van der Waals surface area contributed by atoms with E-state index in [2.05, 4.69) is 15.5 Å². The van der Waals surface area contributed by atoms with Gasteiger partial charge in [0.25, 0.3) is 0 Å². The van der Waals surface area contributed by atoms with Crippen LogP contribution in [0.4, 0.5) is 0 Å². The Morgan fingerprint density at radius 3 is 2.95 bits per heavy atom. The van der Waals surface area contributed by atoms with Gasteiger partial charge in [-0.05, 0) is 19.1 Å². The van der Waals surface area contributed by atoms with Crippen molar-refractivity contribution in [3.63, 3.8) is 0 Å². The summed E-state index contributed by atoms with van der Waals surface area (Å²) in [7, 11) is 1.64. The summed E-state index contributed by atoms with van der Waals surface area (Å²) in [5, 5.41) is 4.80. The molecule has 0 aliphatic rings. The molecule has 0 aliphatic carbocycles. The molecule has 2 heterocycles. The third-order valence-electron chi connectivity index (χ3n) is 2.99. The summed E-state index contributed by atoms with van der Waals surface area (Å²) in [5.41, 5.74) is 5.26. The van der Waals surface area contributed by atoms with E-state index in [1.54, 1.807) is 18.0 Å². The molecule has 1 atom stereocenters. The molecule has 20 heavy (non-hydrogen) atoms. The fourth-order valence-electron chi connectivity index (χ4n) is 2.04. The number of hydrazine groups is 1. The number of nitrogens with zero attached hydrogens (tertiary/aromatic N) is 3. The molecule has 0 amide bonds. The highest BCUT2D eigenvalue weighted by Gasteiger charge is 2.22. The molecule has 3 N–H and O–H groups in total.